The Bertz CT molecular complexity index is 383. The lowest BCUT2D eigenvalue weighted by Crippen LogP contribution is -2.14. The predicted octanol–water partition coefficient (Wildman–Crippen LogP) is 0.359. The third kappa shape index (κ3) is 3.02. The van der Waals surface area contributed by atoms with Crippen LogP contribution < -0.4 is 5.32 Å². The van der Waals surface area contributed by atoms with Gasteiger partial charge in [-0.15, -0.1) is 0 Å². The number of anilines is 1. The zero-order chi connectivity index (χ0) is 10.6. The predicted molar refractivity (Wildman–Crippen MR) is 56.1 cm³/mol. The molecule has 5 nitrogen and oxygen atoms in total. The number of nitrogens with one attached hydrogen (secondary N) is 1. The molecular weight excluding hydrogens is 202 g/mol. The summed E-state index contributed by atoms with van der Waals surface area (Å²) in [6.07, 6.45) is 3.45. The molecule has 0 saturated carbocycles. The number of rotatable bonds is 5. The fourth-order valence-corrected chi connectivity index (χ4v) is 1.75. The first-order valence-corrected chi connectivity index (χ1v) is 6.30. The van der Waals surface area contributed by atoms with Crippen LogP contribution in [-0.2, 0) is 16.4 Å². The van der Waals surface area contributed by atoms with Gasteiger partial charge < -0.3 is 5.32 Å². The molecule has 1 heterocycles. The highest BCUT2D eigenvalue weighted by Gasteiger charge is 2.07. The third-order valence-electron chi connectivity index (χ3n) is 1.99. The van der Waals surface area contributed by atoms with Crippen LogP contribution in [0.2, 0.25) is 0 Å². The first-order valence-electron chi connectivity index (χ1n) is 4.48. The van der Waals surface area contributed by atoms with Gasteiger partial charge in [0.15, 0.2) is 9.84 Å². The van der Waals surface area contributed by atoms with E-state index in [1.807, 2.05) is 0 Å². The maximum absolute atomic E-state index is 11.2. The normalized spacial score (nSPS) is 11.6. The van der Waals surface area contributed by atoms with Gasteiger partial charge in [0.25, 0.3) is 0 Å². The maximum Gasteiger partial charge on any atom is 0.151 e. The molecule has 1 rings (SSSR count). The largest absolute Gasteiger partial charge is 0.386 e. The molecule has 1 aromatic rings. The highest BCUT2D eigenvalue weighted by molar-refractivity contribution is 7.91. The van der Waals surface area contributed by atoms with E-state index in [0.717, 1.165) is 5.69 Å². The van der Waals surface area contributed by atoms with E-state index in [2.05, 4.69) is 10.4 Å². The Balaban J connectivity index is 2.54. The third-order valence-corrected chi connectivity index (χ3v) is 3.68. The number of nitrogens with zero attached hydrogens (tertiary/aromatic N) is 2. The molecule has 0 spiro atoms. The molecule has 0 saturated heterocycles. The smallest absolute Gasteiger partial charge is 0.151 e. The summed E-state index contributed by atoms with van der Waals surface area (Å²) in [7, 11) is -1.10. The van der Waals surface area contributed by atoms with E-state index in [1.54, 1.807) is 31.0 Å². The Morgan fingerprint density at radius 2 is 2.29 bits per heavy atom. The van der Waals surface area contributed by atoms with Crippen LogP contribution in [0.5, 0.6) is 0 Å². The minimum Gasteiger partial charge on any atom is -0.386 e. The molecule has 0 aliphatic carbocycles. The van der Waals surface area contributed by atoms with Crippen LogP contribution in [0.4, 0.5) is 5.69 Å². The average molecular weight is 217 g/mol. The van der Waals surface area contributed by atoms with Crippen molar-refractivity contribution in [2.24, 2.45) is 0 Å². The van der Waals surface area contributed by atoms with Gasteiger partial charge in [0.05, 0.1) is 24.2 Å². The fourth-order valence-electron chi connectivity index (χ4n) is 0.992. The van der Waals surface area contributed by atoms with Gasteiger partial charge in [-0.3, -0.25) is 4.68 Å². The zero-order valence-electron chi connectivity index (χ0n) is 8.40. The lowest BCUT2D eigenvalue weighted by atomic mass is 10.6. The van der Waals surface area contributed by atoms with Crippen molar-refractivity contribution in [1.82, 2.24) is 9.78 Å². The molecule has 80 valence electrons. The van der Waals surface area contributed by atoms with Crippen molar-refractivity contribution in [3.63, 3.8) is 0 Å². The Morgan fingerprint density at radius 3 is 2.79 bits per heavy atom. The summed E-state index contributed by atoms with van der Waals surface area (Å²) >= 11 is 0. The van der Waals surface area contributed by atoms with Crippen molar-refractivity contribution < 1.29 is 8.42 Å². The van der Waals surface area contributed by atoms with Gasteiger partial charge in [-0.1, -0.05) is 6.92 Å². The lowest BCUT2D eigenvalue weighted by Gasteiger charge is -2.01. The number of hydrogen-bond acceptors (Lipinski definition) is 4. The van der Waals surface area contributed by atoms with Crippen LogP contribution in [0.15, 0.2) is 12.4 Å². The summed E-state index contributed by atoms with van der Waals surface area (Å²) in [5.41, 5.74) is 0.888. The van der Waals surface area contributed by atoms with Crippen molar-refractivity contribution >= 4 is 15.5 Å². The lowest BCUT2D eigenvalue weighted by molar-refractivity contribution is 0.582. The van der Waals surface area contributed by atoms with Crippen LogP contribution in [0.1, 0.15) is 6.92 Å². The summed E-state index contributed by atoms with van der Waals surface area (Å²) in [5, 5.41) is 6.94. The van der Waals surface area contributed by atoms with E-state index in [-0.39, 0.29) is 11.5 Å². The molecule has 14 heavy (non-hydrogen) atoms. The van der Waals surface area contributed by atoms with Gasteiger partial charge in [0.2, 0.25) is 0 Å². The number of hydrogen-bond donors (Lipinski definition) is 1. The first kappa shape index (κ1) is 11.0. The van der Waals surface area contributed by atoms with E-state index >= 15 is 0 Å². The van der Waals surface area contributed by atoms with Crippen molar-refractivity contribution in [2.75, 3.05) is 23.9 Å². The molecule has 0 unspecified atom stereocenters. The molecule has 0 bridgehead atoms. The molecular formula is C8H15N3O2S. The summed E-state index contributed by atoms with van der Waals surface area (Å²) in [6.45, 7) is 2.06. The molecule has 0 aliphatic rings. The SMILES string of the molecule is CCS(=O)(=O)CCn1cc(NC)cn1. The van der Waals surface area contributed by atoms with Crippen LogP contribution in [0, 0.1) is 0 Å². The maximum atomic E-state index is 11.2. The van der Waals surface area contributed by atoms with Gasteiger partial charge in [-0.05, 0) is 0 Å². The first-order chi connectivity index (χ1) is 6.57. The molecule has 1 N–H and O–H groups in total. The Morgan fingerprint density at radius 1 is 1.57 bits per heavy atom. The van der Waals surface area contributed by atoms with Crippen LogP contribution in [0.25, 0.3) is 0 Å². The van der Waals surface area contributed by atoms with Crippen molar-refractivity contribution in [2.45, 2.75) is 13.5 Å². The topological polar surface area (TPSA) is 64.0 Å². The monoisotopic (exact) mass is 217 g/mol. The average Bonchev–Trinajstić information content (AvgIpc) is 2.63. The Kier molecular flexibility index (Phi) is 3.51. The molecule has 0 atom stereocenters. The highest BCUT2D eigenvalue weighted by atomic mass is 32.2. The van der Waals surface area contributed by atoms with Gasteiger partial charge in [-0.2, -0.15) is 5.10 Å². The highest BCUT2D eigenvalue weighted by Crippen LogP contribution is 2.03. The second-order valence-electron chi connectivity index (χ2n) is 2.98. The zero-order valence-corrected chi connectivity index (χ0v) is 9.21. The van der Waals surface area contributed by atoms with Crippen molar-refractivity contribution in [3.8, 4) is 0 Å². The number of aromatic nitrogens is 2. The van der Waals surface area contributed by atoms with Crippen LogP contribution in [0.3, 0.4) is 0 Å². The van der Waals surface area contributed by atoms with E-state index in [1.165, 1.54) is 0 Å². The minimum absolute atomic E-state index is 0.147. The molecule has 0 aromatic carbocycles. The quantitative estimate of drug-likeness (QED) is 0.773. The molecule has 6 heteroatoms. The van der Waals surface area contributed by atoms with Crippen molar-refractivity contribution in [1.29, 1.82) is 0 Å². The van der Waals surface area contributed by atoms with Crippen LogP contribution in [-0.4, -0.2) is 36.8 Å². The van der Waals surface area contributed by atoms with E-state index in [4.69, 9.17) is 0 Å². The van der Waals surface area contributed by atoms with Gasteiger partial charge >= 0.3 is 0 Å². The second-order valence-corrected chi connectivity index (χ2v) is 5.45. The van der Waals surface area contributed by atoms with Gasteiger partial charge in [0, 0.05) is 19.0 Å². The summed E-state index contributed by atoms with van der Waals surface area (Å²) in [5.74, 6) is 0.335. The van der Waals surface area contributed by atoms with Crippen LogP contribution >= 0.6 is 0 Å². The standard InChI is InChI=1S/C8H15N3O2S/c1-3-14(12,13)5-4-11-7-8(9-2)6-10-11/h6-7,9H,3-5H2,1-2H3. The summed E-state index contributed by atoms with van der Waals surface area (Å²) in [4.78, 5) is 0. The van der Waals surface area contributed by atoms with E-state index < -0.39 is 9.84 Å². The molecule has 1 aromatic heterocycles. The molecule has 0 fully saturated rings. The summed E-state index contributed by atoms with van der Waals surface area (Å²) in [6, 6.07) is 0. The number of sulfone groups is 1. The van der Waals surface area contributed by atoms with Crippen molar-refractivity contribution in [3.05, 3.63) is 12.4 Å². The second kappa shape index (κ2) is 4.45. The minimum atomic E-state index is -2.90. The van der Waals surface area contributed by atoms with E-state index in [9.17, 15) is 8.42 Å². The van der Waals surface area contributed by atoms with Gasteiger partial charge in [0.1, 0.15) is 0 Å². The Labute approximate surface area is 84.0 Å². The van der Waals surface area contributed by atoms with Gasteiger partial charge in [-0.25, -0.2) is 8.42 Å². The van der Waals surface area contributed by atoms with E-state index in [0.29, 0.717) is 6.54 Å². The molecule has 0 aliphatic heterocycles. The molecule has 0 radical (unpaired) electrons. The molecule has 0 amide bonds. The number of aryl methyl sites for hydroxylation is 1. The Hall–Kier alpha value is -1.04. The summed E-state index contributed by atoms with van der Waals surface area (Å²) < 4.78 is 24.0. The fraction of sp³-hybridized carbons (Fsp3) is 0.625.